The predicted molar refractivity (Wildman–Crippen MR) is 75.0 cm³/mol. The van der Waals surface area contributed by atoms with Gasteiger partial charge in [-0.1, -0.05) is 13.0 Å². The van der Waals surface area contributed by atoms with E-state index < -0.39 is 12.9 Å². The molecule has 0 radical (unpaired) electrons. The minimum absolute atomic E-state index is 0.0149. The Morgan fingerprint density at radius 1 is 1.44 bits per heavy atom. The summed E-state index contributed by atoms with van der Waals surface area (Å²) >= 11 is 0. The molecule has 0 spiro atoms. The predicted octanol–water partition coefficient (Wildman–Crippen LogP) is 3.48. The average molecular weight is 270 g/mol. The Kier molecular flexibility index (Phi) is 4.91. The molecule has 1 rings (SSSR count). The molecule has 0 fully saturated rings. The van der Waals surface area contributed by atoms with Gasteiger partial charge >= 0.3 is 0 Å². The van der Waals surface area contributed by atoms with Crippen molar-refractivity contribution in [2.75, 3.05) is 11.3 Å². The molecule has 0 saturated carbocycles. The lowest BCUT2D eigenvalue weighted by Gasteiger charge is -2.26. The van der Waals surface area contributed by atoms with Gasteiger partial charge < -0.3 is 9.24 Å². The summed E-state index contributed by atoms with van der Waals surface area (Å²) < 4.78 is 13.5. The Hall–Kier alpha value is -1.35. The van der Waals surface area contributed by atoms with Crippen molar-refractivity contribution in [2.45, 2.75) is 33.2 Å². The lowest BCUT2D eigenvalue weighted by molar-refractivity contribution is -0.384. The highest BCUT2D eigenvalue weighted by atomic mass is 31.1. The SMILES string of the molecule is CCc1ccc([N+](=O)[O-])c(N(C(C)C)[PH](C)=O)c1. The van der Waals surface area contributed by atoms with Crippen LogP contribution in [0.25, 0.3) is 0 Å². The minimum Gasteiger partial charge on any atom is -0.316 e. The normalized spacial score (nSPS) is 12.5. The van der Waals surface area contributed by atoms with E-state index in [9.17, 15) is 14.7 Å². The van der Waals surface area contributed by atoms with E-state index in [0.717, 1.165) is 12.0 Å². The Balaban J connectivity index is 3.41. The maximum Gasteiger partial charge on any atom is 0.292 e. The molecule has 0 heterocycles. The molecule has 0 saturated heterocycles. The summed E-state index contributed by atoms with van der Waals surface area (Å²) in [4.78, 5) is 10.6. The highest BCUT2D eigenvalue weighted by Crippen LogP contribution is 2.39. The molecule has 100 valence electrons. The number of hydrogen-bond donors (Lipinski definition) is 0. The smallest absolute Gasteiger partial charge is 0.292 e. The molecule has 0 aromatic heterocycles. The molecule has 0 aliphatic heterocycles. The largest absolute Gasteiger partial charge is 0.316 e. The van der Waals surface area contributed by atoms with E-state index in [-0.39, 0.29) is 11.7 Å². The zero-order chi connectivity index (χ0) is 13.9. The van der Waals surface area contributed by atoms with Crippen LogP contribution < -0.4 is 4.67 Å². The van der Waals surface area contributed by atoms with Gasteiger partial charge in [-0.15, -0.1) is 0 Å². The van der Waals surface area contributed by atoms with Gasteiger partial charge in [0.1, 0.15) is 5.69 Å². The second kappa shape index (κ2) is 6.01. The molecule has 0 aliphatic carbocycles. The first-order chi connectivity index (χ1) is 8.38. The third-order valence-electron chi connectivity index (χ3n) is 2.76. The second-order valence-electron chi connectivity index (χ2n) is 4.42. The first-order valence-electron chi connectivity index (χ1n) is 5.95. The average Bonchev–Trinajstić information content (AvgIpc) is 2.27. The molecule has 1 aromatic carbocycles. The van der Waals surface area contributed by atoms with Crippen molar-refractivity contribution in [2.24, 2.45) is 0 Å². The Bertz CT molecular complexity index is 474. The molecular weight excluding hydrogens is 251 g/mol. The van der Waals surface area contributed by atoms with Crippen LogP contribution in [0, 0.1) is 10.1 Å². The number of aryl methyl sites for hydroxylation is 1. The zero-order valence-corrected chi connectivity index (χ0v) is 12.1. The summed E-state index contributed by atoms with van der Waals surface area (Å²) in [7, 11) is -2.03. The van der Waals surface area contributed by atoms with Crippen molar-refractivity contribution in [3.05, 3.63) is 33.9 Å². The van der Waals surface area contributed by atoms with Crippen LogP contribution in [0.1, 0.15) is 26.3 Å². The van der Waals surface area contributed by atoms with Gasteiger partial charge in [0.25, 0.3) is 5.69 Å². The van der Waals surface area contributed by atoms with E-state index in [1.807, 2.05) is 20.8 Å². The van der Waals surface area contributed by atoms with Crippen molar-refractivity contribution in [1.82, 2.24) is 0 Å². The molecule has 6 heteroatoms. The van der Waals surface area contributed by atoms with Gasteiger partial charge in [-0.2, -0.15) is 0 Å². The molecule has 1 unspecified atom stereocenters. The van der Waals surface area contributed by atoms with E-state index in [2.05, 4.69) is 0 Å². The minimum atomic E-state index is -2.03. The van der Waals surface area contributed by atoms with Crippen LogP contribution in [-0.4, -0.2) is 17.6 Å². The lowest BCUT2D eigenvalue weighted by Crippen LogP contribution is -2.23. The van der Waals surface area contributed by atoms with Gasteiger partial charge in [-0.3, -0.25) is 10.1 Å². The van der Waals surface area contributed by atoms with E-state index in [4.69, 9.17) is 0 Å². The van der Waals surface area contributed by atoms with E-state index in [1.165, 1.54) is 6.07 Å². The summed E-state index contributed by atoms with van der Waals surface area (Å²) in [5.74, 6) is 0. The fraction of sp³-hybridized carbons (Fsp3) is 0.500. The van der Waals surface area contributed by atoms with Gasteiger partial charge in [0, 0.05) is 18.8 Å². The third kappa shape index (κ3) is 3.10. The van der Waals surface area contributed by atoms with Crippen molar-refractivity contribution < 1.29 is 9.49 Å². The first-order valence-corrected chi connectivity index (χ1v) is 7.81. The summed E-state index contributed by atoms with van der Waals surface area (Å²) in [6, 6.07) is 4.97. The van der Waals surface area contributed by atoms with Gasteiger partial charge in [0.15, 0.2) is 7.95 Å². The molecule has 0 N–H and O–H groups in total. The number of nitrogens with zero attached hydrogens (tertiary/aromatic N) is 2. The fourth-order valence-corrected chi connectivity index (χ4v) is 3.19. The number of rotatable bonds is 5. The number of nitro benzene ring substituents is 1. The first kappa shape index (κ1) is 14.7. The molecule has 1 aromatic rings. The quantitative estimate of drug-likeness (QED) is 0.467. The van der Waals surface area contributed by atoms with Crippen LogP contribution >= 0.6 is 7.95 Å². The second-order valence-corrected chi connectivity index (χ2v) is 5.94. The van der Waals surface area contributed by atoms with Crippen molar-refractivity contribution in [1.29, 1.82) is 0 Å². The van der Waals surface area contributed by atoms with Gasteiger partial charge in [-0.25, -0.2) is 0 Å². The topological polar surface area (TPSA) is 63.5 Å². The number of benzene rings is 1. The van der Waals surface area contributed by atoms with Crippen LogP contribution in [0.4, 0.5) is 11.4 Å². The van der Waals surface area contributed by atoms with Crippen molar-refractivity contribution in [3.63, 3.8) is 0 Å². The molecule has 1 atom stereocenters. The van der Waals surface area contributed by atoms with Crippen LogP contribution in [-0.2, 0) is 11.0 Å². The molecule has 18 heavy (non-hydrogen) atoms. The van der Waals surface area contributed by atoms with E-state index >= 15 is 0 Å². The zero-order valence-electron chi connectivity index (χ0n) is 11.1. The van der Waals surface area contributed by atoms with Gasteiger partial charge in [-0.05, 0) is 31.9 Å². The van der Waals surface area contributed by atoms with Crippen LogP contribution in [0.3, 0.4) is 0 Å². The number of anilines is 1. The highest BCUT2D eigenvalue weighted by Gasteiger charge is 2.23. The molecule has 5 nitrogen and oxygen atoms in total. The maximum atomic E-state index is 11.8. The standard InChI is InChI=1S/C12H19N2O3P/c1-5-10-6-7-11(14(15)16)12(8-10)13(9(2)3)18(4)17/h6-9,18H,5H2,1-4H3. The Labute approximate surface area is 108 Å². The number of nitro groups is 1. The molecule has 0 aliphatic rings. The fourth-order valence-electron chi connectivity index (χ4n) is 1.95. The summed E-state index contributed by atoms with van der Waals surface area (Å²) in [6.07, 6.45) is 0.793. The third-order valence-corrected chi connectivity index (χ3v) is 4.20. The van der Waals surface area contributed by atoms with Crippen LogP contribution in [0.15, 0.2) is 18.2 Å². The van der Waals surface area contributed by atoms with Gasteiger partial charge in [0.2, 0.25) is 0 Å². The highest BCUT2D eigenvalue weighted by molar-refractivity contribution is 7.45. The number of hydrogen-bond acceptors (Lipinski definition) is 3. The monoisotopic (exact) mass is 270 g/mol. The lowest BCUT2D eigenvalue weighted by atomic mass is 10.1. The molecular formula is C12H19N2O3P. The van der Waals surface area contributed by atoms with Crippen LogP contribution in [0.2, 0.25) is 0 Å². The van der Waals surface area contributed by atoms with Crippen molar-refractivity contribution in [3.8, 4) is 0 Å². The summed E-state index contributed by atoms with van der Waals surface area (Å²) in [5.41, 5.74) is 1.48. The molecule has 0 amide bonds. The Morgan fingerprint density at radius 3 is 2.44 bits per heavy atom. The Morgan fingerprint density at radius 2 is 2.06 bits per heavy atom. The summed E-state index contributed by atoms with van der Waals surface area (Å²) in [5, 5.41) is 11.1. The van der Waals surface area contributed by atoms with E-state index in [1.54, 1.807) is 23.5 Å². The summed E-state index contributed by atoms with van der Waals surface area (Å²) in [6.45, 7) is 7.36. The maximum absolute atomic E-state index is 11.8. The van der Waals surface area contributed by atoms with Crippen molar-refractivity contribution >= 4 is 19.3 Å². The van der Waals surface area contributed by atoms with Gasteiger partial charge in [0.05, 0.1) is 4.92 Å². The van der Waals surface area contributed by atoms with E-state index in [0.29, 0.717) is 5.69 Å². The molecule has 0 bridgehead atoms. The van der Waals surface area contributed by atoms with Crippen LogP contribution in [0.5, 0.6) is 0 Å².